The maximum Gasteiger partial charge on any atom is 0.00218 e. The molecular formula is C15H30S2. The Labute approximate surface area is 119 Å². The number of hydrogen-bond donors (Lipinski definition) is 2. The molecule has 2 heteroatoms. The van der Waals surface area contributed by atoms with Crippen molar-refractivity contribution in [1.29, 1.82) is 0 Å². The summed E-state index contributed by atoms with van der Waals surface area (Å²) in [5.41, 5.74) is 0. The van der Waals surface area contributed by atoms with Gasteiger partial charge in [-0.2, -0.15) is 25.3 Å². The van der Waals surface area contributed by atoms with Crippen LogP contribution in [0.5, 0.6) is 0 Å². The van der Waals surface area contributed by atoms with E-state index in [1.807, 2.05) is 0 Å². The van der Waals surface area contributed by atoms with Gasteiger partial charge in [-0.1, -0.05) is 40.0 Å². The molecule has 0 aromatic carbocycles. The maximum atomic E-state index is 4.76. The van der Waals surface area contributed by atoms with Gasteiger partial charge >= 0.3 is 0 Å². The normalized spacial score (nSPS) is 42.5. The van der Waals surface area contributed by atoms with Gasteiger partial charge < -0.3 is 0 Å². The molecule has 0 nitrogen and oxygen atoms in total. The average molecular weight is 275 g/mol. The van der Waals surface area contributed by atoms with E-state index < -0.39 is 0 Å². The smallest absolute Gasteiger partial charge is 0.00218 e. The summed E-state index contributed by atoms with van der Waals surface area (Å²) < 4.78 is 0. The van der Waals surface area contributed by atoms with Gasteiger partial charge in [0.25, 0.3) is 0 Å². The standard InChI is InChI=1S/C15H30S2/c1-11-5-4-6-12(2)8-15(17)10-13(3)9-14(16)7-11/h11-17H,4-10H2,1-3H3. The number of hydrogen-bond acceptors (Lipinski definition) is 2. The van der Waals surface area contributed by atoms with E-state index in [1.165, 1.54) is 44.9 Å². The highest BCUT2D eigenvalue weighted by atomic mass is 32.1. The van der Waals surface area contributed by atoms with Crippen LogP contribution in [0.4, 0.5) is 0 Å². The molecule has 17 heavy (non-hydrogen) atoms. The van der Waals surface area contributed by atoms with Gasteiger partial charge in [-0.15, -0.1) is 0 Å². The van der Waals surface area contributed by atoms with E-state index >= 15 is 0 Å². The first-order chi connectivity index (χ1) is 7.97. The molecule has 1 aliphatic rings. The predicted octanol–water partition coefficient (Wildman–Crippen LogP) is 5.24. The Bertz CT molecular complexity index is 185. The van der Waals surface area contributed by atoms with E-state index in [-0.39, 0.29) is 0 Å². The second kappa shape index (κ2) is 7.99. The van der Waals surface area contributed by atoms with E-state index in [1.54, 1.807) is 0 Å². The van der Waals surface area contributed by atoms with Gasteiger partial charge in [-0.05, 0) is 43.4 Å². The number of thiol groups is 2. The molecule has 1 fully saturated rings. The molecule has 0 radical (unpaired) electrons. The molecular weight excluding hydrogens is 244 g/mol. The van der Waals surface area contributed by atoms with Gasteiger partial charge in [-0.3, -0.25) is 0 Å². The summed E-state index contributed by atoms with van der Waals surface area (Å²) in [6.07, 6.45) is 9.26. The molecule has 1 saturated carbocycles. The van der Waals surface area contributed by atoms with E-state index in [2.05, 4.69) is 20.8 Å². The third-order valence-electron chi connectivity index (χ3n) is 4.09. The highest BCUT2D eigenvalue weighted by Gasteiger charge is 2.18. The molecule has 102 valence electrons. The summed E-state index contributed by atoms with van der Waals surface area (Å²) >= 11 is 9.53. The molecule has 4 atom stereocenters. The van der Waals surface area contributed by atoms with Crippen LogP contribution in [-0.2, 0) is 0 Å². The molecule has 4 unspecified atom stereocenters. The zero-order valence-electron chi connectivity index (χ0n) is 11.7. The van der Waals surface area contributed by atoms with E-state index in [4.69, 9.17) is 25.3 Å². The summed E-state index contributed by atoms with van der Waals surface area (Å²) in [5.74, 6) is 2.48. The summed E-state index contributed by atoms with van der Waals surface area (Å²) in [6.45, 7) is 7.16. The summed E-state index contributed by atoms with van der Waals surface area (Å²) in [5, 5.41) is 1.19. The molecule has 0 spiro atoms. The zero-order chi connectivity index (χ0) is 12.8. The summed E-state index contributed by atoms with van der Waals surface area (Å²) in [6, 6.07) is 0. The van der Waals surface area contributed by atoms with Gasteiger partial charge in [0, 0.05) is 10.5 Å². The Morgan fingerprint density at radius 1 is 0.647 bits per heavy atom. The summed E-state index contributed by atoms with van der Waals surface area (Å²) in [7, 11) is 0. The van der Waals surface area contributed by atoms with Crippen molar-refractivity contribution in [1.82, 2.24) is 0 Å². The zero-order valence-corrected chi connectivity index (χ0v) is 13.5. The van der Waals surface area contributed by atoms with Crippen molar-refractivity contribution in [2.24, 2.45) is 17.8 Å². The highest BCUT2D eigenvalue weighted by molar-refractivity contribution is 7.81. The fraction of sp³-hybridized carbons (Fsp3) is 1.00. The minimum atomic E-state index is 0.595. The van der Waals surface area contributed by atoms with E-state index in [0.29, 0.717) is 10.5 Å². The molecule has 0 aromatic heterocycles. The lowest BCUT2D eigenvalue weighted by molar-refractivity contribution is 0.357. The Morgan fingerprint density at radius 3 is 1.41 bits per heavy atom. The first-order valence-electron chi connectivity index (χ1n) is 7.33. The molecule has 0 heterocycles. The van der Waals surface area contributed by atoms with Crippen LogP contribution < -0.4 is 0 Å². The van der Waals surface area contributed by atoms with Gasteiger partial charge in [0.05, 0.1) is 0 Å². The minimum absolute atomic E-state index is 0.595. The second-order valence-corrected chi connectivity index (χ2v) is 7.96. The van der Waals surface area contributed by atoms with E-state index in [0.717, 1.165) is 17.8 Å². The molecule has 0 saturated heterocycles. The monoisotopic (exact) mass is 274 g/mol. The van der Waals surface area contributed by atoms with Gasteiger partial charge in [-0.25, -0.2) is 0 Å². The first-order valence-corrected chi connectivity index (χ1v) is 8.36. The third kappa shape index (κ3) is 7.00. The first kappa shape index (κ1) is 15.8. The Morgan fingerprint density at radius 2 is 1.00 bits per heavy atom. The van der Waals surface area contributed by atoms with Crippen LogP contribution in [0.15, 0.2) is 0 Å². The largest absolute Gasteiger partial charge is 0.176 e. The van der Waals surface area contributed by atoms with Crippen molar-refractivity contribution in [3.8, 4) is 0 Å². The quantitative estimate of drug-likeness (QED) is 0.555. The Kier molecular flexibility index (Phi) is 7.40. The number of rotatable bonds is 0. The van der Waals surface area contributed by atoms with Gasteiger partial charge in [0.15, 0.2) is 0 Å². The van der Waals surface area contributed by atoms with Crippen molar-refractivity contribution in [3.63, 3.8) is 0 Å². The third-order valence-corrected chi connectivity index (χ3v) is 4.93. The lowest BCUT2D eigenvalue weighted by Crippen LogP contribution is -2.16. The van der Waals surface area contributed by atoms with Crippen LogP contribution in [-0.4, -0.2) is 10.5 Å². The Hall–Kier alpha value is 0.700. The lowest BCUT2D eigenvalue weighted by atomic mass is 9.87. The van der Waals surface area contributed by atoms with Crippen LogP contribution in [0.25, 0.3) is 0 Å². The van der Waals surface area contributed by atoms with Crippen molar-refractivity contribution >= 4 is 25.3 Å². The molecule has 1 rings (SSSR count). The van der Waals surface area contributed by atoms with Gasteiger partial charge in [0.1, 0.15) is 0 Å². The highest BCUT2D eigenvalue weighted by Crippen LogP contribution is 2.29. The van der Waals surface area contributed by atoms with Crippen LogP contribution in [0.1, 0.15) is 65.7 Å². The van der Waals surface area contributed by atoms with Gasteiger partial charge in [0.2, 0.25) is 0 Å². The molecule has 0 aromatic rings. The fourth-order valence-electron chi connectivity index (χ4n) is 3.20. The SMILES string of the molecule is CC1CCCC(C)CC(S)CC(C)CC(S)C1. The van der Waals surface area contributed by atoms with E-state index in [9.17, 15) is 0 Å². The molecule has 0 bridgehead atoms. The minimum Gasteiger partial charge on any atom is -0.176 e. The van der Waals surface area contributed by atoms with Crippen LogP contribution in [0, 0.1) is 17.8 Å². The lowest BCUT2D eigenvalue weighted by Gasteiger charge is -2.25. The maximum absolute atomic E-state index is 4.76. The summed E-state index contributed by atoms with van der Waals surface area (Å²) in [4.78, 5) is 0. The van der Waals surface area contributed by atoms with Crippen LogP contribution in [0.3, 0.4) is 0 Å². The van der Waals surface area contributed by atoms with Crippen LogP contribution >= 0.6 is 25.3 Å². The van der Waals surface area contributed by atoms with Crippen molar-refractivity contribution in [3.05, 3.63) is 0 Å². The molecule has 0 N–H and O–H groups in total. The van der Waals surface area contributed by atoms with Crippen molar-refractivity contribution < 1.29 is 0 Å². The second-order valence-electron chi connectivity index (χ2n) is 6.50. The average Bonchev–Trinajstić information content (AvgIpc) is 2.14. The molecule has 0 aliphatic heterocycles. The topological polar surface area (TPSA) is 0 Å². The Balaban J connectivity index is 2.50. The van der Waals surface area contributed by atoms with Crippen molar-refractivity contribution in [2.45, 2.75) is 76.2 Å². The molecule has 1 aliphatic carbocycles. The predicted molar refractivity (Wildman–Crippen MR) is 85.4 cm³/mol. The fourth-order valence-corrected chi connectivity index (χ4v) is 4.64. The van der Waals surface area contributed by atoms with Crippen molar-refractivity contribution in [2.75, 3.05) is 0 Å². The molecule has 0 amide bonds. The van der Waals surface area contributed by atoms with Crippen LogP contribution in [0.2, 0.25) is 0 Å².